The maximum Gasteiger partial charge on any atom is 0.407 e. The summed E-state index contributed by atoms with van der Waals surface area (Å²) in [6.07, 6.45) is 2.36. The first-order chi connectivity index (χ1) is 19.0. The zero-order valence-corrected chi connectivity index (χ0v) is 21.4. The molecule has 9 nitrogen and oxygen atoms in total. The smallest absolute Gasteiger partial charge is 0.407 e. The molecule has 0 saturated heterocycles. The molecule has 3 aromatic carbocycles. The van der Waals surface area contributed by atoms with Gasteiger partial charge in [0.15, 0.2) is 0 Å². The number of methoxy groups -OCH3 is 1. The number of amides is 1. The van der Waals surface area contributed by atoms with E-state index < -0.39 is 18.1 Å². The van der Waals surface area contributed by atoms with Gasteiger partial charge in [-0.25, -0.2) is 14.6 Å². The third-order valence-corrected chi connectivity index (χ3v) is 6.80. The number of aromatic nitrogens is 2. The number of hydrogen-bond donors (Lipinski definition) is 2. The molecule has 2 N–H and O–H groups in total. The lowest BCUT2D eigenvalue weighted by Crippen LogP contribution is -2.43. The zero-order chi connectivity index (χ0) is 27.2. The van der Waals surface area contributed by atoms with Crippen LogP contribution in [0.25, 0.3) is 11.1 Å². The molecule has 0 radical (unpaired) electrons. The molecule has 39 heavy (non-hydrogen) atoms. The van der Waals surface area contributed by atoms with Crippen LogP contribution in [0.5, 0.6) is 5.75 Å². The van der Waals surface area contributed by atoms with E-state index in [1.54, 1.807) is 24.2 Å². The minimum Gasteiger partial charge on any atom is -0.497 e. The first kappa shape index (κ1) is 26.0. The molecule has 5 rings (SSSR count). The maximum atomic E-state index is 12.7. The fourth-order valence-corrected chi connectivity index (χ4v) is 4.81. The van der Waals surface area contributed by atoms with E-state index in [1.165, 1.54) is 0 Å². The fraction of sp³-hybridized carbons (Fsp3) is 0.233. The second-order valence-corrected chi connectivity index (χ2v) is 9.25. The topological polar surface area (TPSA) is 112 Å². The van der Waals surface area contributed by atoms with Crippen LogP contribution in [0.15, 0.2) is 85.3 Å². The van der Waals surface area contributed by atoms with Gasteiger partial charge in [-0.05, 0) is 39.9 Å². The number of hydrogen-bond acceptors (Lipinski definition) is 6. The third-order valence-electron chi connectivity index (χ3n) is 6.80. The summed E-state index contributed by atoms with van der Waals surface area (Å²) in [6.45, 7) is 0.643. The number of carboxylic acids is 1. The molecule has 0 saturated carbocycles. The van der Waals surface area contributed by atoms with Gasteiger partial charge >= 0.3 is 12.1 Å². The van der Waals surface area contributed by atoms with Crippen LogP contribution in [0.1, 0.15) is 28.3 Å². The van der Waals surface area contributed by atoms with Gasteiger partial charge in [0.2, 0.25) is 0 Å². The van der Waals surface area contributed by atoms with E-state index in [4.69, 9.17) is 14.2 Å². The van der Waals surface area contributed by atoms with Gasteiger partial charge in [-0.3, -0.25) is 0 Å². The molecule has 1 amide bonds. The Labute approximate surface area is 226 Å². The van der Waals surface area contributed by atoms with E-state index in [0.717, 1.165) is 33.6 Å². The van der Waals surface area contributed by atoms with Crippen LogP contribution >= 0.6 is 0 Å². The van der Waals surface area contributed by atoms with Gasteiger partial charge in [-0.2, -0.15) is 0 Å². The van der Waals surface area contributed by atoms with Crippen LogP contribution < -0.4 is 10.1 Å². The Bertz CT molecular complexity index is 1400. The van der Waals surface area contributed by atoms with Crippen LogP contribution in [0.2, 0.25) is 0 Å². The van der Waals surface area contributed by atoms with Gasteiger partial charge in [-0.1, -0.05) is 60.7 Å². The number of nitrogens with one attached hydrogen (secondary N) is 1. The van der Waals surface area contributed by atoms with Crippen molar-refractivity contribution in [3.05, 3.63) is 108 Å². The van der Waals surface area contributed by atoms with Gasteiger partial charge in [0.1, 0.15) is 25.1 Å². The zero-order valence-electron chi connectivity index (χ0n) is 21.4. The van der Waals surface area contributed by atoms with Crippen LogP contribution in [0, 0.1) is 0 Å². The standard InChI is InChI=1S/C30H29N3O6/c1-37-22-12-10-20(11-13-22)16-38-19-33-18-31-15-21(33)14-28(29(34)35)32-30(36)39-17-27-25-8-4-2-6-23(25)24-7-3-5-9-26(24)27/h2-13,15,18,27-28H,14,16-17,19H2,1H3,(H,32,36)(H,34,35)/t28-/m0/s1. The van der Waals surface area contributed by atoms with E-state index in [-0.39, 0.29) is 25.7 Å². The lowest BCUT2D eigenvalue weighted by Gasteiger charge is -2.18. The minimum absolute atomic E-state index is 0.0193. The van der Waals surface area contributed by atoms with Crippen molar-refractivity contribution in [1.29, 1.82) is 0 Å². The molecule has 9 heteroatoms. The SMILES string of the molecule is COc1ccc(COCn2cncc2C[C@H](NC(=O)OCC2c3ccccc3-c3ccccc32)C(=O)O)cc1. The second-order valence-electron chi connectivity index (χ2n) is 9.25. The fourth-order valence-electron chi connectivity index (χ4n) is 4.81. The Morgan fingerprint density at radius 3 is 2.31 bits per heavy atom. The Morgan fingerprint density at radius 1 is 1.00 bits per heavy atom. The summed E-state index contributed by atoms with van der Waals surface area (Å²) in [5.74, 6) is -0.523. The highest BCUT2D eigenvalue weighted by Crippen LogP contribution is 2.44. The molecule has 1 aliphatic rings. The Kier molecular flexibility index (Phi) is 7.88. The highest BCUT2D eigenvalue weighted by atomic mass is 16.5. The highest BCUT2D eigenvalue weighted by Gasteiger charge is 2.30. The Hall–Kier alpha value is -4.63. The first-order valence-corrected chi connectivity index (χ1v) is 12.6. The van der Waals surface area contributed by atoms with Crippen molar-refractivity contribution in [1.82, 2.24) is 14.9 Å². The van der Waals surface area contributed by atoms with E-state index in [1.807, 2.05) is 60.7 Å². The Balaban J connectivity index is 1.17. The van der Waals surface area contributed by atoms with Crippen molar-refractivity contribution in [2.75, 3.05) is 13.7 Å². The monoisotopic (exact) mass is 527 g/mol. The van der Waals surface area contributed by atoms with Crippen LogP contribution in [0.3, 0.4) is 0 Å². The summed E-state index contributed by atoms with van der Waals surface area (Å²) >= 11 is 0. The molecular formula is C30H29N3O6. The Morgan fingerprint density at radius 2 is 1.67 bits per heavy atom. The van der Waals surface area contributed by atoms with Gasteiger partial charge in [0.05, 0.1) is 20.0 Å². The van der Waals surface area contributed by atoms with Crippen LogP contribution in [0.4, 0.5) is 4.79 Å². The second kappa shape index (κ2) is 11.8. The summed E-state index contributed by atoms with van der Waals surface area (Å²) in [5, 5.41) is 12.3. The molecule has 1 aliphatic carbocycles. The van der Waals surface area contributed by atoms with Crippen molar-refractivity contribution in [3.63, 3.8) is 0 Å². The molecule has 1 atom stereocenters. The number of aliphatic carboxylic acids is 1. The summed E-state index contributed by atoms with van der Waals surface area (Å²) in [4.78, 5) is 28.8. The molecule has 0 bridgehead atoms. The van der Waals surface area contributed by atoms with Crippen molar-refractivity contribution in [2.45, 2.75) is 31.7 Å². The molecular weight excluding hydrogens is 498 g/mol. The average molecular weight is 528 g/mol. The molecule has 0 unspecified atom stereocenters. The van der Waals surface area contributed by atoms with Gasteiger partial charge in [-0.15, -0.1) is 0 Å². The quantitative estimate of drug-likeness (QED) is 0.293. The van der Waals surface area contributed by atoms with Crippen molar-refractivity contribution >= 4 is 12.1 Å². The number of alkyl carbamates (subject to hydrolysis) is 1. The summed E-state index contributed by atoms with van der Waals surface area (Å²) < 4.78 is 18.2. The first-order valence-electron chi connectivity index (χ1n) is 12.6. The molecule has 200 valence electrons. The van der Waals surface area contributed by atoms with Crippen LogP contribution in [-0.4, -0.2) is 46.5 Å². The predicted molar refractivity (Wildman–Crippen MR) is 143 cm³/mol. The number of imidazole rings is 1. The number of ether oxygens (including phenoxy) is 3. The normalized spacial score (nSPS) is 12.8. The molecule has 1 heterocycles. The van der Waals surface area contributed by atoms with Crippen LogP contribution in [-0.2, 0) is 34.0 Å². The number of nitrogens with zero attached hydrogens (tertiary/aromatic N) is 2. The van der Waals surface area contributed by atoms with E-state index in [9.17, 15) is 14.7 Å². The van der Waals surface area contributed by atoms with E-state index in [2.05, 4.69) is 22.4 Å². The molecule has 4 aromatic rings. The summed E-state index contributed by atoms with van der Waals surface area (Å²) in [7, 11) is 1.61. The lowest BCUT2D eigenvalue weighted by atomic mass is 9.98. The van der Waals surface area contributed by atoms with Gasteiger partial charge in [0, 0.05) is 24.2 Å². The summed E-state index contributed by atoms with van der Waals surface area (Å²) in [5.41, 5.74) is 5.98. The van der Waals surface area contributed by atoms with E-state index >= 15 is 0 Å². The highest BCUT2D eigenvalue weighted by molar-refractivity contribution is 5.81. The third kappa shape index (κ3) is 5.94. The minimum atomic E-state index is -1.20. The van der Waals surface area contributed by atoms with E-state index in [0.29, 0.717) is 12.3 Å². The molecule has 0 spiro atoms. The number of carbonyl (C=O) groups excluding carboxylic acids is 1. The summed E-state index contributed by atoms with van der Waals surface area (Å²) in [6, 6.07) is 22.4. The molecule has 1 aromatic heterocycles. The number of benzene rings is 3. The largest absolute Gasteiger partial charge is 0.497 e. The van der Waals surface area contributed by atoms with Gasteiger partial charge < -0.3 is 29.2 Å². The number of carboxylic acid groups (broad SMARTS) is 1. The number of carbonyl (C=O) groups is 2. The molecule has 0 aliphatic heterocycles. The van der Waals surface area contributed by atoms with Crippen molar-refractivity contribution in [3.8, 4) is 16.9 Å². The lowest BCUT2D eigenvalue weighted by molar-refractivity contribution is -0.139. The maximum absolute atomic E-state index is 12.7. The number of fused-ring (bicyclic) bond motifs is 3. The predicted octanol–water partition coefficient (Wildman–Crippen LogP) is 4.60. The van der Waals surface area contributed by atoms with Gasteiger partial charge in [0.25, 0.3) is 0 Å². The van der Waals surface area contributed by atoms with Crippen molar-refractivity contribution in [2.24, 2.45) is 0 Å². The van der Waals surface area contributed by atoms with Crippen molar-refractivity contribution < 1.29 is 28.9 Å². The molecule has 0 fully saturated rings. The average Bonchev–Trinajstić information content (AvgIpc) is 3.53. The number of rotatable bonds is 11.